The topological polar surface area (TPSA) is 69.6 Å². The van der Waals surface area contributed by atoms with Crippen LogP contribution in [0.25, 0.3) is 0 Å². The first-order valence-corrected chi connectivity index (χ1v) is 23.8. The molecular weight excluding hydrogens is 687 g/mol. The molecule has 0 bridgehead atoms. The van der Waals surface area contributed by atoms with Gasteiger partial charge in [-0.15, -0.1) is 0 Å². The highest BCUT2D eigenvalue weighted by Gasteiger charge is 2.20. The first-order valence-electron chi connectivity index (χ1n) is 23.8. The maximum absolute atomic E-state index is 12.4. The second kappa shape index (κ2) is 46.9. The fraction of sp³-hybridized carbons (Fsp3) is 0.712. The number of nitrogens with one attached hydrogen (secondary N) is 1. The molecule has 1 amide bonds. The van der Waals surface area contributed by atoms with E-state index in [4.69, 9.17) is 0 Å². The fourth-order valence-corrected chi connectivity index (χ4v) is 6.81. The number of rotatable bonds is 42. The minimum Gasteiger partial charge on any atom is -0.394 e. The van der Waals surface area contributed by atoms with Gasteiger partial charge in [0.2, 0.25) is 5.91 Å². The minimum atomic E-state index is -0.666. The summed E-state index contributed by atoms with van der Waals surface area (Å²) in [6.07, 6.45) is 68.1. The first-order chi connectivity index (χ1) is 27.7. The lowest BCUT2D eigenvalue weighted by atomic mass is 10.0. The Morgan fingerprint density at radius 2 is 0.786 bits per heavy atom. The van der Waals surface area contributed by atoms with E-state index >= 15 is 0 Å². The van der Waals surface area contributed by atoms with Crippen molar-refractivity contribution in [2.24, 2.45) is 0 Å². The zero-order valence-corrected chi connectivity index (χ0v) is 36.9. The van der Waals surface area contributed by atoms with Crippen LogP contribution in [0.3, 0.4) is 0 Å². The highest BCUT2D eigenvalue weighted by atomic mass is 16.3. The zero-order valence-electron chi connectivity index (χ0n) is 36.9. The molecule has 2 unspecified atom stereocenters. The normalized spacial score (nSPS) is 13.7. The lowest BCUT2D eigenvalue weighted by Gasteiger charge is -2.22. The summed E-state index contributed by atoms with van der Waals surface area (Å²) >= 11 is 0. The predicted molar refractivity (Wildman–Crippen MR) is 248 cm³/mol. The second-order valence-electron chi connectivity index (χ2n) is 15.8. The fourth-order valence-electron chi connectivity index (χ4n) is 6.81. The summed E-state index contributed by atoms with van der Waals surface area (Å²) < 4.78 is 0. The van der Waals surface area contributed by atoms with E-state index in [1.165, 1.54) is 122 Å². The standard InChI is InChI=1S/C52H91NO3/c1-3-5-7-9-11-13-15-17-18-19-20-21-22-23-24-25-26-27-28-29-30-31-32-33-34-36-38-40-42-44-46-48-52(56)53-50(49-54)51(55)47-45-43-41-39-37-35-16-14-12-10-8-6-4-2/h5,7,11,13,17-18,20-21,23-24,26-27,29-30,50-51,54-55H,3-4,6,8-10,12,14-16,19,22,25,28,31-49H2,1-2H3,(H,53,56)/b7-5-,13-11-,18-17-,21-20-,24-23-,27-26-,30-29-. The average molecular weight is 778 g/mol. The Morgan fingerprint density at radius 3 is 1.18 bits per heavy atom. The van der Waals surface area contributed by atoms with Crippen molar-refractivity contribution in [1.82, 2.24) is 5.32 Å². The summed E-state index contributed by atoms with van der Waals surface area (Å²) in [6.45, 7) is 4.23. The Hall–Kier alpha value is -2.43. The van der Waals surface area contributed by atoms with E-state index in [0.717, 1.165) is 70.6 Å². The van der Waals surface area contributed by atoms with Crippen LogP contribution in [0.4, 0.5) is 0 Å². The predicted octanol–water partition coefficient (Wildman–Crippen LogP) is 15.2. The van der Waals surface area contributed by atoms with Crippen LogP contribution in [0.2, 0.25) is 0 Å². The van der Waals surface area contributed by atoms with Crippen molar-refractivity contribution in [2.75, 3.05) is 6.61 Å². The molecule has 0 saturated heterocycles. The minimum absolute atomic E-state index is 0.0418. The number of hydrogen-bond donors (Lipinski definition) is 3. The molecule has 0 rings (SSSR count). The molecule has 3 N–H and O–H groups in total. The zero-order chi connectivity index (χ0) is 40.7. The van der Waals surface area contributed by atoms with Crippen LogP contribution < -0.4 is 5.32 Å². The van der Waals surface area contributed by atoms with Gasteiger partial charge in [0.05, 0.1) is 18.8 Å². The first kappa shape index (κ1) is 53.6. The van der Waals surface area contributed by atoms with Gasteiger partial charge in [-0.2, -0.15) is 0 Å². The van der Waals surface area contributed by atoms with Crippen LogP contribution >= 0.6 is 0 Å². The molecule has 0 saturated carbocycles. The Bertz CT molecular complexity index is 1020. The molecule has 4 heteroatoms. The maximum atomic E-state index is 12.4. The monoisotopic (exact) mass is 778 g/mol. The third-order valence-electron chi connectivity index (χ3n) is 10.4. The third-order valence-corrected chi connectivity index (χ3v) is 10.4. The van der Waals surface area contributed by atoms with Crippen LogP contribution in [-0.4, -0.2) is 34.9 Å². The molecule has 0 aromatic carbocycles. The van der Waals surface area contributed by atoms with Gasteiger partial charge in [-0.3, -0.25) is 4.79 Å². The maximum Gasteiger partial charge on any atom is 0.220 e. The number of amides is 1. The van der Waals surface area contributed by atoms with Gasteiger partial charge >= 0.3 is 0 Å². The quantitative estimate of drug-likeness (QED) is 0.0427. The van der Waals surface area contributed by atoms with Gasteiger partial charge < -0.3 is 15.5 Å². The molecule has 0 spiro atoms. The molecule has 0 aliphatic heterocycles. The average Bonchev–Trinajstić information content (AvgIpc) is 3.20. The van der Waals surface area contributed by atoms with E-state index in [2.05, 4.69) is 104 Å². The van der Waals surface area contributed by atoms with E-state index in [9.17, 15) is 15.0 Å². The van der Waals surface area contributed by atoms with Crippen LogP contribution in [0.5, 0.6) is 0 Å². The van der Waals surface area contributed by atoms with Crippen LogP contribution in [-0.2, 0) is 4.79 Å². The highest BCUT2D eigenvalue weighted by molar-refractivity contribution is 5.76. The van der Waals surface area contributed by atoms with Crippen LogP contribution in [0.1, 0.15) is 219 Å². The van der Waals surface area contributed by atoms with Crippen molar-refractivity contribution in [3.8, 4) is 0 Å². The molecule has 56 heavy (non-hydrogen) atoms. The van der Waals surface area contributed by atoms with E-state index in [-0.39, 0.29) is 12.5 Å². The number of carbonyl (C=O) groups excluding carboxylic acids is 1. The van der Waals surface area contributed by atoms with E-state index in [1.54, 1.807) is 0 Å². The summed E-state index contributed by atoms with van der Waals surface area (Å²) in [7, 11) is 0. The van der Waals surface area contributed by atoms with Crippen molar-refractivity contribution in [3.63, 3.8) is 0 Å². The molecule has 2 atom stereocenters. The van der Waals surface area contributed by atoms with Gasteiger partial charge in [0.15, 0.2) is 0 Å². The molecule has 0 fully saturated rings. The summed E-state index contributed by atoms with van der Waals surface area (Å²) in [4.78, 5) is 12.4. The van der Waals surface area contributed by atoms with Gasteiger partial charge in [0, 0.05) is 6.42 Å². The Balaban J connectivity index is 3.58. The molecule has 0 aliphatic carbocycles. The van der Waals surface area contributed by atoms with Crippen molar-refractivity contribution < 1.29 is 15.0 Å². The molecule has 0 heterocycles. The summed E-state index contributed by atoms with van der Waals surface area (Å²) in [6, 6.07) is -0.544. The smallest absolute Gasteiger partial charge is 0.220 e. The molecule has 0 aliphatic rings. The molecule has 0 aromatic rings. The summed E-state index contributed by atoms with van der Waals surface area (Å²) in [5.41, 5.74) is 0. The van der Waals surface area contributed by atoms with Crippen LogP contribution in [0, 0.1) is 0 Å². The highest BCUT2D eigenvalue weighted by Crippen LogP contribution is 2.15. The molecular formula is C52H91NO3. The third kappa shape index (κ3) is 42.7. The van der Waals surface area contributed by atoms with Crippen molar-refractivity contribution in [1.29, 1.82) is 0 Å². The Morgan fingerprint density at radius 1 is 0.446 bits per heavy atom. The van der Waals surface area contributed by atoms with Gasteiger partial charge in [-0.1, -0.05) is 227 Å². The SMILES string of the molecule is CC/C=C\C/C=C\C/C=C\C/C=C\C/C=C\C/C=C\C/C=C\CCCCCCCCCCCC(=O)NC(CO)C(O)CCCCCCCCCCCCCCC. The van der Waals surface area contributed by atoms with E-state index < -0.39 is 12.1 Å². The number of carbonyl (C=O) groups is 1. The number of aliphatic hydroxyl groups excluding tert-OH is 2. The number of allylic oxidation sites excluding steroid dienone is 14. The molecule has 0 aromatic heterocycles. The van der Waals surface area contributed by atoms with E-state index in [0.29, 0.717) is 12.8 Å². The van der Waals surface area contributed by atoms with Crippen LogP contribution in [0.15, 0.2) is 85.1 Å². The molecule has 4 nitrogen and oxygen atoms in total. The lowest BCUT2D eigenvalue weighted by molar-refractivity contribution is -0.123. The second-order valence-corrected chi connectivity index (χ2v) is 15.8. The molecule has 322 valence electrons. The molecule has 0 radical (unpaired) electrons. The Kier molecular flexibility index (Phi) is 44.9. The van der Waals surface area contributed by atoms with Gasteiger partial charge in [-0.05, 0) is 70.6 Å². The van der Waals surface area contributed by atoms with Crippen molar-refractivity contribution >= 4 is 5.91 Å². The van der Waals surface area contributed by atoms with Crippen molar-refractivity contribution in [2.45, 2.75) is 231 Å². The van der Waals surface area contributed by atoms with Gasteiger partial charge in [-0.25, -0.2) is 0 Å². The largest absolute Gasteiger partial charge is 0.394 e. The number of unbranched alkanes of at least 4 members (excludes halogenated alkanes) is 21. The van der Waals surface area contributed by atoms with E-state index in [1.807, 2.05) is 0 Å². The lowest BCUT2D eigenvalue weighted by Crippen LogP contribution is -2.45. The summed E-state index contributed by atoms with van der Waals surface area (Å²) in [5.74, 6) is -0.0418. The number of hydrogen-bond acceptors (Lipinski definition) is 3. The van der Waals surface area contributed by atoms with Crippen molar-refractivity contribution in [3.05, 3.63) is 85.1 Å². The number of aliphatic hydroxyl groups is 2. The van der Waals surface area contributed by atoms with Gasteiger partial charge in [0.1, 0.15) is 0 Å². The Labute approximate surface area is 348 Å². The van der Waals surface area contributed by atoms with Gasteiger partial charge in [0.25, 0.3) is 0 Å². The summed E-state index contributed by atoms with van der Waals surface area (Å²) in [5, 5.41) is 23.2.